The first-order valence-corrected chi connectivity index (χ1v) is 14.4. The Morgan fingerprint density at radius 3 is 1.26 bits per heavy atom. The van der Waals surface area contributed by atoms with E-state index < -0.39 is 12.1 Å². The van der Waals surface area contributed by atoms with Gasteiger partial charge in [-0.2, -0.15) is 0 Å². The average molecular weight is 487 g/mol. The number of unbranched alkanes of at least 4 members (excludes halogenated alkanes) is 15. The van der Waals surface area contributed by atoms with Gasteiger partial charge < -0.3 is 26.8 Å². The highest BCUT2D eigenvalue weighted by molar-refractivity contribution is 5.78. The summed E-state index contributed by atoms with van der Waals surface area (Å²) in [6.07, 6.45) is 22.0. The third-order valence-corrected chi connectivity index (χ3v) is 6.97. The Balaban J connectivity index is 3.26. The van der Waals surface area contributed by atoms with Gasteiger partial charge in [0.2, 0.25) is 0 Å². The van der Waals surface area contributed by atoms with E-state index in [-0.39, 0.29) is 18.8 Å². The summed E-state index contributed by atoms with van der Waals surface area (Å²) in [7, 11) is 0. The van der Waals surface area contributed by atoms with E-state index in [1.807, 2.05) is 6.92 Å². The minimum absolute atomic E-state index is 0.143. The van der Waals surface area contributed by atoms with E-state index >= 15 is 0 Å². The summed E-state index contributed by atoms with van der Waals surface area (Å²) in [4.78, 5) is 12.0. The van der Waals surface area contributed by atoms with Gasteiger partial charge in [0, 0.05) is 18.9 Å². The second-order valence-corrected chi connectivity index (χ2v) is 10.5. The lowest BCUT2D eigenvalue weighted by molar-refractivity contribution is -0.119. The van der Waals surface area contributed by atoms with E-state index in [4.69, 9.17) is 16.6 Å². The third-order valence-electron chi connectivity index (χ3n) is 6.97. The maximum atomic E-state index is 12.0. The van der Waals surface area contributed by atoms with E-state index in [1.54, 1.807) is 0 Å². The number of rotatable bonds is 26. The van der Waals surface area contributed by atoms with E-state index in [1.165, 1.54) is 57.8 Å². The molecule has 6 nitrogen and oxygen atoms in total. The van der Waals surface area contributed by atoms with Crippen LogP contribution in [0.15, 0.2) is 0 Å². The zero-order valence-corrected chi connectivity index (χ0v) is 22.3. The summed E-state index contributed by atoms with van der Waals surface area (Å²) >= 11 is 0. The van der Waals surface area contributed by atoms with Crippen molar-refractivity contribution in [1.29, 1.82) is 0 Å². The van der Waals surface area contributed by atoms with Crippen molar-refractivity contribution in [3.63, 3.8) is 0 Å². The van der Waals surface area contributed by atoms with Gasteiger partial charge in [0.15, 0.2) is 0 Å². The van der Waals surface area contributed by atoms with Crippen molar-refractivity contribution in [1.82, 2.24) is 0 Å². The van der Waals surface area contributed by atoms with Crippen molar-refractivity contribution in [3.05, 3.63) is 0 Å². The summed E-state index contributed by atoms with van der Waals surface area (Å²) in [6.45, 7) is 1.70. The molecule has 0 aliphatic rings. The summed E-state index contributed by atoms with van der Waals surface area (Å²) in [5, 5.41) is 28.3. The van der Waals surface area contributed by atoms with Gasteiger partial charge in [0.05, 0.1) is 24.9 Å². The van der Waals surface area contributed by atoms with Gasteiger partial charge in [-0.05, 0) is 32.6 Å². The number of ketones is 1. The van der Waals surface area contributed by atoms with E-state index in [9.17, 15) is 15.0 Å². The molecule has 34 heavy (non-hydrogen) atoms. The molecule has 0 aliphatic carbocycles. The molecule has 0 amide bonds. The van der Waals surface area contributed by atoms with Crippen LogP contribution in [-0.2, 0) is 4.79 Å². The lowest BCUT2D eigenvalue weighted by Crippen LogP contribution is -2.37. The van der Waals surface area contributed by atoms with Crippen molar-refractivity contribution in [2.24, 2.45) is 11.5 Å². The van der Waals surface area contributed by atoms with Crippen LogP contribution in [0, 0.1) is 0 Å². The van der Waals surface area contributed by atoms with E-state index in [0.29, 0.717) is 12.2 Å². The summed E-state index contributed by atoms with van der Waals surface area (Å²) < 4.78 is 0. The molecule has 0 aromatic heterocycles. The number of carbonyl (C=O) groups is 1. The molecule has 0 aromatic carbocycles. The first-order valence-electron chi connectivity index (χ1n) is 14.4. The Morgan fingerprint density at radius 2 is 0.912 bits per heavy atom. The predicted octanol–water partition coefficient (Wildman–Crippen LogP) is 5.14. The van der Waals surface area contributed by atoms with Crippen LogP contribution in [0.3, 0.4) is 0 Å². The molecular formula is C28H58N2O4. The van der Waals surface area contributed by atoms with Crippen LogP contribution in [0.4, 0.5) is 0 Å². The summed E-state index contributed by atoms with van der Waals surface area (Å²) in [5.41, 5.74) is 11.3. The van der Waals surface area contributed by atoms with Gasteiger partial charge >= 0.3 is 0 Å². The first kappa shape index (κ1) is 33.5. The topological polar surface area (TPSA) is 130 Å². The highest BCUT2D eigenvalue weighted by atomic mass is 16.3. The molecule has 0 saturated heterocycles. The van der Waals surface area contributed by atoms with Crippen LogP contribution in [-0.4, -0.2) is 52.0 Å². The molecule has 0 fully saturated rings. The Hall–Kier alpha value is -0.530. The van der Waals surface area contributed by atoms with Crippen LogP contribution in [0.1, 0.15) is 142 Å². The molecule has 0 heterocycles. The number of Topliss-reactive ketones (excluding diaryl/α,β-unsaturated/α-hetero) is 1. The molecule has 0 rings (SSSR count). The fourth-order valence-electron chi connectivity index (χ4n) is 4.37. The highest BCUT2D eigenvalue weighted by Gasteiger charge is 2.12. The van der Waals surface area contributed by atoms with Gasteiger partial charge in [-0.1, -0.05) is 96.3 Å². The normalized spacial score (nSPS) is 15.2. The Labute approximate surface area is 210 Å². The van der Waals surface area contributed by atoms with Gasteiger partial charge in [-0.3, -0.25) is 4.79 Å². The van der Waals surface area contributed by atoms with Gasteiger partial charge in [0.1, 0.15) is 5.78 Å². The predicted molar refractivity (Wildman–Crippen MR) is 143 cm³/mol. The smallest absolute Gasteiger partial charge is 0.132 e. The fourth-order valence-corrected chi connectivity index (χ4v) is 4.37. The maximum Gasteiger partial charge on any atom is 0.132 e. The van der Waals surface area contributed by atoms with Crippen LogP contribution in [0.2, 0.25) is 0 Å². The number of carbonyl (C=O) groups excluding carboxylic acids is 1. The van der Waals surface area contributed by atoms with Crippen molar-refractivity contribution in [3.8, 4) is 0 Å². The molecule has 0 spiro atoms. The van der Waals surface area contributed by atoms with Gasteiger partial charge in [-0.25, -0.2) is 0 Å². The minimum Gasteiger partial charge on any atom is -0.395 e. The summed E-state index contributed by atoms with van der Waals surface area (Å²) in [5.74, 6) is 0.429. The molecule has 0 radical (unpaired) electrons. The van der Waals surface area contributed by atoms with Crippen LogP contribution in [0.25, 0.3) is 0 Å². The van der Waals surface area contributed by atoms with Gasteiger partial charge in [-0.15, -0.1) is 0 Å². The van der Waals surface area contributed by atoms with Gasteiger partial charge in [0.25, 0.3) is 0 Å². The standard InChI is InChI=1S/C28H58N2O4/c1-24(29)27(33)21-17-14-10-12-16-20-25(32)19-15-11-8-6-4-2-3-5-7-9-13-18-22-28(34)26(30)23-31/h24,26-28,31,33-34H,2-23,29-30H2,1H3/t24-,26+,27-,28-/m1/s1. The quantitative estimate of drug-likeness (QED) is 0.108. The number of hydrogen-bond acceptors (Lipinski definition) is 6. The zero-order valence-electron chi connectivity index (χ0n) is 22.3. The van der Waals surface area contributed by atoms with Crippen molar-refractivity contribution in [2.75, 3.05) is 6.61 Å². The SMILES string of the molecule is C[C@@H](N)[C@H](O)CCCCCCCC(=O)CCCCCCCCCCCCCC[C@@H](O)[C@@H](N)CO. The molecule has 0 aliphatic heterocycles. The van der Waals surface area contributed by atoms with Crippen molar-refractivity contribution < 1.29 is 20.1 Å². The van der Waals surface area contributed by atoms with Crippen LogP contribution >= 0.6 is 0 Å². The molecule has 0 aromatic rings. The number of aliphatic hydroxyl groups excluding tert-OH is 3. The van der Waals surface area contributed by atoms with E-state index in [2.05, 4.69) is 0 Å². The maximum absolute atomic E-state index is 12.0. The minimum atomic E-state index is -0.573. The number of nitrogens with two attached hydrogens (primary N) is 2. The monoisotopic (exact) mass is 486 g/mol. The number of aliphatic hydroxyl groups is 3. The fraction of sp³-hybridized carbons (Fsp3) is 0.964. The molecule has 7 N–H and O–H groups in total. The molecule has 4 atom stereocenters. The van der Waals surface area contributed by atoms with E-state index in [0.717, 1.165) is 70.6 Å². The van der Waals surface area contributed by atoms with Crippen molar-refractivity contribution in [2.45, 2.75) is 166 Å². The lowest BCUT2D eigenvalue weighted by Gasteiger charge is -2.15. The molecule has 0 bridgehead atoms. The lowest BCUT2D eigenvalue weighted by atomic mass is 10.0. The average Bonchev–Trinajstić information content (AvgIpc) is 2.82. The second-order valence-electron chi connectivity index (χ2n) is 10.5. The highest BCUT2D eigenvalue weighted by Crippen LogP contribution is 2.15. The van der Waals surface area contributed by atoms with Crippen LogP contribution < -0.4 is 11.5 Å². The Kier molecular flexibility index (Phi) is 23.8. The molecule has 0 unspecified atom stereocenters. The molecular weight excluding hydrogens is 428 g/mol. The second kappa shape index (κ2) is 24.2. The molecule has 0 saturated carbocycles. The Morgan fingerprint density at radius 1 is 0.588 bits per heavy atom. The first-order chi connectivity index (χ1) is 16.4. The summed E-state index contributed by atoms with van der Waals surface area (Å²) in [6, 6.07) is -0.643. The number of hydrogen-bond donors (Lipinski definition) is 5. The van der Waals surface area contributed by atoms with Crippen molar-refractivity contribution >= 4 is 5.78 Å². The molecule has 204 valence electrons. The zero-order chi connectivity index (χ0) is 25.4. The largest absolute Gasteiger partial charge is 0.395 e. The Bertz CT molecular complexity index is 448. The third kappa shape index (κ3) is 22.0. The molecule has 6 heteroatoms. The van der Waals surface area contributed by atoms with Crippen LogP contribution in [0.5, 0.6) is 0 Å².